The molecule has 7 nitrogen and oxygen atoms in total. The molecule has 4 rings (SSSR count). The van der Waals surface area contributed by atoms with Gasteiger partial charge in [0.25, 0.3) is 0 Å². The number of carbonyl (C=O) groups excluding carboxylic acids is 2. The first-order chi connectivity index (χ1) is 13.6. The van der Waals surface area contributed by atoms with E-state index in [1.807, 2.05) is 36.4 Å². The number of amides is 2. The third-order valence-electron chi connectivity index (χ3n) is 5.06. The number of rotatable bonds is 5. The van der Waals surface area contributed by atoms with Crippen molar-refractivity contribution in [1.29, 1.82) is 0 Å². The minimum Gasteiger partial charge on any atom is -0.486 e. The summed E-state index contributed by atoms with van der Waals surface area (Å²) < 4.78 is 11.1. The first-order valence-electron chi connectivity index (χ1n) is 9.40. The smallest absolute Gasteiger partial charge is 0.227 e. The summed E-state index contributed by atoms with van der Waals surface area (Å²) in [5.41, 5.74) is 7.81. The molecule has 1 fully saturated rings. The van der Waals surface area contributed by atoms with Gasteiger partial charge >= 0.3 is 0 Å². The molecule has 0 saturated carbocycles. The van der Waals surface area contributed by atoms with Crippen LogP contribution in [0, 0.1) is 5.92 Å². The standard InChI is InChI=1S/C21H23N3O4.ClH/c22-17(14-4-2-1-3-5-14)12-23-21(26)15-10-20(25)24(13-15)16-6-7-18-19(11-16)28-9-8-27-18;/h1-7,11,15,17H,8-10,12-13,22H2,(H,23,26);1H. The Labute approximate surface area is 175 Å². The maximum absolute atomic E-state index is 12.5. The Morgan fingerprint density at radius 1 is 1.14 bits per heavy atom. The van der Waals surface area contributed by atoms with Gasteiger partial charge in [0.15, 0.2) is 11.5 Å². The molecule has 0 bridgehead atoms. The van der Waals surface area contributed by atoms with Gasteiger partial charge in [-0.05, 0) is 17.7 Å². The Hall–Kier alpha value is -2.77. The topological polar surface area (TPSA) is 93.9 Å². The van der Waals surface area contributed by atoms with Gasteiger partial charge in [-0.2, -0.15) is 0 Å². The molecule has 154 valence electrons. The molecule has 0 aliphatic carbocycles. The number of halogens is 1. The summed E-state index contributed by atoms with van der Waals surface area (Å²) in [6, 6.07) is 14.7. The average molecular weight is 418 g/mol. The lowest BCUT2D eigenvalue weighted by molar-refractivity contribution is -0.126. The third kappa shape index (κ3) is 4.63. The van der Waals surface area contributed by atoms with Crippen LogP contribution in [0.4, 0.5) is 5.69 Å². The number of carbonyl (C=O) groups is 2. The number of nitrogens with one attached hydrogen (secondary N) is 1. The predicted molar refractivity (Wildman–Crippen MR) is 112 cm³/mol. The SMILES string of the molecule is Cl.NC(CNC(=O)C1CC(=O)N(c2ccc3c(c2)OCCO3)C1)c1ccccc1. The van der Waals surface area contributed by atoms with Gasteiger partial charge in [0.1, 0.15) is 13.2 Å². The Morgan fingerprint density at radius 2 is 1.86 bits per heavy atom. The first kappa shape index (κ1) is 21.0. The summed E-state index contributed by atoms with van der Waals surface area (Å²) in [6.07, 6.45) is 0.181. The lowest BCUT2D eigenvalue weighted by Gasteiger charge is -2.22. The molecule has 2 aromatic carbocycles. The number of fused-ring (bicyclic) bond motifs is 1. The van der Waals surface area contributed by atoms with E-state index in [-0.39, 0.29) is 36.7 Å². The Balaban J connectivity index is 0.00000240. The van der Waals surface area contributed by atoms with Crippen molar-refractivity contribution in [1.82, 2.24) is 5.32 Å². The number of nitrogens with zero attached hydrogens (tertiary/aromatic N) is 1. The van der Waals surface area contributed by atoms with E-state index in [2.05, 4.69) is 5.32 Å². The van der Waals surface area contributed by atoms with Gasteiger partial charge in [-0.25, -0.2) is 0 Å². The summed E-state index contributed by atoms with van der Waals surface area (Å²) in [7, 11) is 0. The quantitative estimate of drug-likeness (QED) is 0.776. The largest absolute Gasteiger partial charge is 0.486 e. The molecular weight excluding hydrogens is 394 g/mol. The number of benzene rings is 2. The highest BCUT2D eigenvalue weighted by atomic mass is 35.5. The second-order valence-corrected chi connectivity index (χ2v) is 7.00. The summed E-state index contributed by atoms with van der Waals surface area (Å²) >= 11 is 0. The Kier molecular flexibility index (Phi) is 6.61. The monoisotopic (exact) mass is 417 g/mol. The highest BCUT2D eigenvalue weighted by Crippen LogP contribution is 2.36. The van der Waals surface area contributed by atoms with Crippen LogP contribution in [0.15, 0.2) is 48.5 Å². The van der Waals surface area contributed by atoms with Crippen molar-refractivity contribution < 1.29 is 19.1 Å². The molecule has 0 aromatic heterocycles. The summed E-state index contributed by atoms with van der Waals surface area (Å²) in [6.45, 7) is 1.67. The number of hydrogen-bond acceptors (Lipinski definition) is 5. The summed E-state index contributed by atoms with van der Waals surface area (Å²) in [5.74, 6) is 0.664. The summed E-state index contributed by atoms with van der Waals surface area (Å²) in [4.78, 5) is 26.6. The molecule has 2 aliphatic heterocycles. The van der Waals surface area contributed by atoms with Gasteiger partial charge in [-0.3, -0.25) is 9.59 Å². The molecule has 8 heteroatoms. The molecule has 2 atom stereocenters. The Bertz CT molecular complexity index is 877. The van der Waals surface area contributed by atoms with Crippen molar-refractivity contribution in [2.75, 3.05) is 31.2 Å². The maximum Gasteiger partial charge on any atom is 0.227 e. The molecule has 1 saturated heterocycles. The van der Waals surface area contributed by atoms with Crippen molar-refractivity contribution in [2.24, 2.45) is 11.7 Å². The van der Waals surface area contributed by atoms with Crippen LogP contribution in [-0.2, 0) is 9.59 Å². The highest BCUT2D eigenvalue weighted by molar-refractivity contribution is 6.00. The van der Waals surface area contributed by atoms with Crippen LogP contribution in [0.1, 0.15) is 18.0 Å². The van der Waals surface area contributed by atoms with Crippen molar-refractivity contribution in [3.05, 3.63) is 54.1 Å². The van der Waals surface area contributed by atoms with E-state index in [1.54, 1.807) is 17.0 Å². The van der Waals surface area contributed by atoms with Gasteiger partial charge in [-0.1, -0.05) is 30.3 Å². The van der Waals surface area contributed by atoms with Gasteiger partial charge < -0.3 is 25.4 Å². The molecule has 2 amide bonds. The zero-order valence-electron chi connectivity index (χ0n) is 15.9. The molecule has 0 radical (unpaired) electrons. The zero-order chi connectivity index (χ0) is 19.5. The highest BCUT2D eigenvalue weighted by Gasteiger charge is 2.35. The van der Waals surface area contributed by atoms with Crippen LogP contribution in [0.2, 0.25) is 0 Å². The van der Waals surface area contributed by atoms with Gasteiger partial charge in [0.05, 0.1) is 5.92 Å². The van der Waals surface area contributed by atoms with Crippen LogP contribution < -0.4 is 25.4 Å². The molecular formula is C21H24ClN3O4. The molecule has 2 heterocycles. The van der Waals surface area contributed by atoms with Crippen molar-refractivity contribution in [3.63, 3.8) is 0 Å². The predicted octanol–water partition coefficient (Wildman–Crippen LogP) is 2.05. The van der Waals surface area contributed by atoms with Crippen LogP contribution in [0.5, 0.6) is 11.5 Å². The van der Waals surface area contributed by atoms with Gasteiger partial charge in [0, 0.05) is 37.3 Å². The number of ether oxygens (including phenoxy) is 2. The number of anilines is 1. The van der Waals surface area contributed by atoms with E-state index in [4.69, 9.17) is 15.2 Å². The molecule has 0 spiro atoms. The van der Waals surface area contributed by atoms with Crippen molar-refractivity contribution in [2.45, 2.75) is 12.5 Å². The number of nitrogens with two attached hydrogens (primary N) is 1. The van der Waals surface area contributed by atoms with Crippen LogP contribution in [0.3, 0.4) is 0 Å². The zero-order valence-corrected chi connectivity index (χ0v) is 16.7. The fourth-order valence-corrected chi connectivity index (χ4v) is 3.51. The maximum atomic E-state index is 12.5. The van der Waals surface area contributed by atoms with E-state index < -0.39 is 5.92 Å². The Morgan fingerprint density at radius 3 is 2.62 bits per heavy atom. The van der Waals surface area contributed by atoms with E-state index in [0.717, 1.165) is 5.56 Å². The fraction of sp³-hybridized carbons (Fsp3) is 0.333. The second kappa shape index (κ2) is 9.15. The molecule has 2 aliphatic rings. The molecule has 2 aromatic rings. The lowest BCUT2D eigenvalue weighted by Crippen LogP contribution is -2.37. The lowest BCUT2D eigenvalue weighted by atomic mass is 10.1. The fourth-order valence-electron chi connectivity index (χ4n) is 3.51. The average Bonchev–Trinajstić information content (AvgIpc) is 3.13. The molecule has 29 heavy (non-hydrogen) atoms. The minimum atomic E-state index is -0.399. The minimum absolute atomic E-state index is 0. The number of hydrogen-bond donors (Lipinski definition) is 2. The van der Waals surface area contributed by atoms with E-state index in [9.17, 15) is 9.59 Å². The third-order valence-corrected chi connectivity index (χ3v) is 5.06. The van der Waals surface area contributed by atoms with E-state index in [1.165, 1.54) is 0 Å². The first-order valence-corrected chi connectivity index (χ1v) is 9.40. The normalized spacial score (nSPS) is 18.7. The second-order valence-electron chi connectivity index (χ2n) is 7.00. The van der Waals surface area contributed by atoms with E-state index >= 15 is 0 Å². The van der Waals surface area contributed by atoms with Crippen molar-refractivity contribution >= 4 is 29.9 Å². The van der Waals surface area contributed by atoms with Gasteiger partial charge in [-0.15, -0.1) is 12.4 Å². The van der Waals surface area contributed by atoms with Crippen LogP contribution >= 0.6 is 12.4 Å². The summed E-state index contributed by atoms with van der Waals surface area (Å²) in [5, 5.41) is 2.88. The molecule has 3 N–H and O–H groups in total. The van der Waals surface area contributed by atoms with Gasteiger partial charge in [0.2, 0.25) is 11.8 Å². The van der Waals surface area contributed by atoms with E-state index in [0.29, 0.717) is 43.5 Å². The molecule has 2 unspecified atom stereocenters. The van der Waals surface area contributed by atoms with Crippen LogP contribution in [-0.4, -0.2) is 38.1 Å². The van der Waals surface area contributed by atoms with Crippen LogP contribution in [0.25, 0.3) is 0 Å². The van der Waals surface area contributed by atoms with Crippen molar-refractivity contribution in [3.8, 4) is 11.5 Å².